The fourth-order valence-electron chi connectivity index (χ4n) is 4.68. The fourth-order valence-corrected chi connectivity index (χ4v) is 4.68. The van der Waals surface area contributed by atoms with Crippen molar-refractivity contribution in [1.82, 2.24) is 0 Å². The van der Waals surface area contributed by atoms with Gasteiger partial charge in [-0.2, -0.15) is 0 Å². The Morgan fingerprint density at radius 2 is 1.27 bits per heavy atom. The van der Waals surface area contributed by atoms with Gasteiger partial charge in [-0.25, -0.2) is 4.79 Å². The zero-order valence-electron chi connectivity index (χ0n) is 18.5. The van der Waals surface area contributed by atoms with Crippen molar-refractivity contribution in [2.45, 2.75) is 40.2 Å². The van der Waals surface area contributed by atoms with Crippen molar-refractivity contribution in [3.63, 3.8) is 0 Å². The normalized spacial score (nSPS) is 15.8. The molecule has 0 atom stereocenters. The van der Waals surface area contributed by atoms with Gasteiger partial charge in [0.15, 0.2) is 5.60 Å². The highest BCUT2D eigenvalue weighted by Crippen LogP contribution is 2.55. The van der Waals surface area contributed by atoms with E-state index in [1.54, 1.807) is 6.08 Å². The molecule has 2 aliphatic rings. The first-order valence-electron chi connectivity index (χ1n) is 10.9. The standard InChI is InChI=1S/C25H30N2O3/c1-6-26(7-2)18-10-12-20-22(15-18)29-23-16-19(27(8-3)9-4)11-13-21(23)25(20)17(5)14-24(28)30-25/h10-16H,6-9H2,1-5H3. The van der Waals surface area contributed by atoms with Gasteiger partial charge in [-0.1, -0.05) is 0 Å². The molecule has 2 aromatic rings. The van der Waals surface area contributed by atoms with Crippen LogP contribution in [0, 0.1) is 0 Å². The summed E-state index contributed by atoms with van der Waals surface area (Å²) in [6.45, 7) is 14.2. The highest BCUT2D eigenvalue weighted by Gasteiger charge is 2.50. The third-order valence-electron chi connectivity index (χ3n) is 6.31. The first kappa shape index (κ1) is 20.3. The average Bonchev–Trinajstić information content (AvgIpc) is 3.04. The van der Waals surface area contributed by atoms with Gasteiger partial charge in [0.25, 0.3) is 0 Å². The lowest BCUT2D eigenvalue weighted by molar-refractivity contribution is -0.144. The summed E-state index contributed by atoms with van der Waals surface area (Å²) in [5.41, 5.74) is 3.90. The minimum Gasteiger partial charge on any atom is -0.456 e. The van der Waals surface area contributed by atoms with Crippen LogP contribution in [0.5, 0.6) is 11.5 Å². The predicted octanol–water partition coefficient (Wildman–Crippen LogP) is 5.23. The highest BCUT2D eigenvalue weighted by molar-refractivity contribution is 5.89. The molecule has 30 heavy (non-hydrogen) atoms. The number of nitrogens with zero attached hydrogens (tertiary/aromatic N) is 2. The van der Waals surface area contributed by atoms with E-state index in [4.69, 9.17) is 9.47 Å². The van der Waals surface area contributed by atoms with Crippen LogP contribution in [0.4, 0.5) is 11.4 Å². The monoisotopic (exact) mass is 406 g/mol. The molecule has 0 unspecified atom stereocenters. The molecule has 0 N–H and O–H groups in total. The number of hydrogen-bond donors (Lipinski definition) is 0. The van der Waals surface area contributed by atoms with Crippen molar-refractivity contribution in [1.29, 1.82) is 0 Å². The molecule has 5 heteroatoms. The minimum absolute atomic E-state index is 0.313. The van der Waals surface area contributed by atoms with Crippen molar-refractivity contribution in [3.05, 3.63) is 59.2 Å². The summed E-state index contributed by atoms with van der Waals surface area (Å²) in [5, 5.41) is 0. The van der Waals surface area contributed by atoms with Crippen molar-refractivity contribution in [2.75, 3.05) is 36.0 Å². The van der Waals surface area contributed by atoms with E-state index in [1.165, 1.54) is 0 Å². The van der Waals surface area contributed by atoms with Crippen molar-refractivity contribution in [2.24, 2.45) is 0 Å². The predicted molar refractivity (Wildman–Crippen MR) is 121 cm³/mol. The molecule has 1 spiro atoms. The van der Waals surface area contributed by atoms with Crippen LogP contribution < -0.4 is 14.5 Å². The minimum atomic E-state index is -0.927. The molecule has 0 fully saturated rings. The van der Waals surface area contributed by atoms with Crippen LogP contribution in [0.1, 0.15) is 45.7 Å². The van der Waals surface area contributed by atoms with Crippen LogP contribution in [0.2, 0.25) is 0 Å². The Bertz CT molecular complexity index is 942. The Labute approximate surface area is 178 Å². The summed E-state index contributed by atoms with van der Waals surface area (Å²) in [6.07, 6.45) is 1.59. The van der Waals surface area contributed by atoms with E-state index >= 15 is 0 Å². The number of ether oxygens (including phenoxy) is 2. The zero-order chi connectivity index (χ0) is 21.5. The Morgan fingerprint density at radius 1 is 0.800 bits per heavy atom. The second kappa shape index (κ2) is 7.71. The lowest BCUT2D eigenvalue weighted by Gasteiger charge is -2.38. The second-order valence-corrected chi connectivity index (χ2v) is 7.74. The summed E-state index contributed by atoms with van der Waals surface area (Å²) in [6, 6.07) is 12.4. The highest BCUT2D eigenvalue weighted by atomic mass is 16.6. The number of esters is 1. The molecule has 2 aromatic carbocycles. The van der Waals surface area contributed by atoms with Gasteiger partial charge in [0.2, 0.25) is 0 Å². The summed E-state index contributed by atoms with van der Waals surface area (Å²) < 4.78 is 12.5. The molecular weight excluding hydrogens is 376 g/mol. The lowest BCUT2D eigenvalue weighted by Crippen LogP contribution is -2.34. The summed E-state index contributed by atoms with van der Waals surface area (Å²) >= 11 is 0. The number of fused-ring (bicyclic) bond motifs is 4. The lowest BCUT2D eigenvalue weighted by atomic mass is 9.78. The fraction of sp³-hybridized carbons (Fsp3) is 0.400. The molecular formula is C25H30N2O3. The SMILES string of the molecule is CCN(CC)c1ccc2c(c1)Oc1cc(N(CC)CC)ccc1C21OC(=O)C=C1C. The maximum atomic E-state index is 12.3. The molecule has 0 saturated heterocycles. The summed E-state index contributed by atoms with van der Waals surface area (Å²) in [5.74, 6) is 1.17. The van der Waals surface area contributed by atoms with E-state index < -0.39 is 5.60 Å². The van der Waals surface area contributed by atoms with Crippen molar-refractivity contribution in [3.8, 4) is 11.5 Å². The van der Waals surface area contributed by atoms with Crippen LogP contribution in [0.3, 0.4) is 0 Å². The van der Waals surface area contributed by atoms with Crippen LogP contribution in [-0.4, -0.2) is 32.1 Å². The number of hydrogen-bond acceptors (Lipinski definition) is 5. The molecule has 0 bridgehead atoms. The van der Waals surface area contributed by atoms with E-state index in [9.17, 15) is 4.79 Å². The molecule has 0 radical (unpaired) electrons. The van der Waals surface area contributed by atoms with E-state index in [0.717, 1.165) is 65.8 Å². The smallest absolute Gasteiger partial charge is 0.332 e. The molecule has 0 saturated carbocycles. The molecule has 2 heterocycles. The number of carbonyl (C=O) groups excluding carboxylic acids is 1. The van der Waals surface area contributed by atoms with Crippen molar-refractivity contribution >= 4 is 17.3 Å². The first-order valence-corrected chi connectivity index (χ1v) is 10.9. The van der Waals surface area contributed by atoms with E-state index in [1.807, 2.05) is 19.1 Å². The molecule has 4 rings (SSSR count). The van der Waals surface area contributed by atoms with Gasteiger partial charge >= 0.3 is 5.97 Å². The van der Waals surface area contributed by atoms with Crippen LogP contribution in [0.15, 0.2) is 48.0 Å². The maximum Gasteiger partial charge on any atom is 0.332 e. The molecule has 5 nitrogen and oxygen atoms in total. The van der Waals surface area contributed by atoms with Gasteiger partial charge in [-0.05, 0) is 64.5 Å². The van der Waals surface area contributed by atoms with Gasteiger partial charge in [0.1, 0.15) is 11.5 Å². The van der Waals surface area contributed by atoms with Crippen molar-refractivity contribution < 1.29 is 14.3 Å². The van der Waals surface area contributed by atoms with Crippen LogP contribution in [0.25, 0.3) is 0 Å². The third-order valence-corrected chi connectivity index (χ3v) is 6.31. The largest absolute Gasteiger partial charge is 0.456 e. The maximum absolute atomic E-state index is 12.3. The quantitative estimate of drug-likeness (QED) is 0.615. The van der Waals surface area contributed by atoms with Gasteiger partial charge < -0.3 is 19.3 Å². The van der Waals surface area contributed by atoms with Gasteiger partial charge in [-0.15, -0.1) is 0 Å². The van der Waals surface area contributed by atoms with E-state index in [-0.39, 0.29) is 5.97 Å². The number of benzene rings is 2. The summed E-state index contributed by atoms with van der Waals surface area (Å²) in [7, 11) is 0. The Kier molecular flexibility index (Phi) is 5.22. The molecule has 2 aliphatic heterocycles. The third kappa shape index (κ3) is 2.95. The van der Waals surface area contributed by atoms with E-state index in [2.05, 4.69) is 61.8 Å². The first-order chi connectivity index (χ1) is 14.5. The Balaban J connectivity index is 1.91. The van der Waals surface area contributed by atoms with Crippen LogP contribution >= 0.6 is 0 Å². The molecule has 0 amide bonds. The molecule has 0 aromatic heterocycles. The van der Waals surface area contributed by atoms with E-state index in [0.29, 0.717) is 0 Å². The van der Waals surface area contributed by atoms with Crippen LogP contribution in [-0.2, 0) is 15.1 Å². The molecule has 158 valence electrons. The summed E-state index contributed by atoms with van der Waals surface area (Å²) in [4.78, 5) is 16.9. The number of rotatable bonds is 6. The topological polar surface area (TPSA) is 42.0 Å². The Morgan fingerprint density at radius 3 is 1.63 bits per heavy atom. The number of anilines is 2. The molecule has 0 aliphatic carbocycles. The second-order valence-electron chi connectivity index (χ2n) is 7.74. The average molecular weight is 407 g/mol. The van der Waals surface area contributed by atoms with Gasteiger partial charge in [-0.3, -0.25) is 0 Å². The number of carbonyl (C=O) groups is 1. The van der Waals surface area contributed by atoms with Gasteiger partial charge in [0, 0.05) is 66.9 Å². The van der Waals surface area contributed by atoms with Gasteiger partial charge in [0.05, 0.1) is 0 Å². The zero-order valence-corrected chi connectivity index (χ0v) is 18.5. The Hall–Kier alpha value is -2.95.